The van der Waals surface area contributed by atoms with E-state index in [2.05, 4.69) is 68.8 Å². The first-order valence-corrected chi connectivity index (χ1v) is 50.5. The summed E-state index contributed by atoms with van der Waals surface area (Å²) >= 11 is 3.12. The Bertz CT molecular complexity index is 6070. The van der Waals surface area contributed by atoms with Crippen LogP contribution in [0.25, 0.3) is 34.2 Å². The first-order chi connectivity index (χ1) is 67.0. The van der Waals surface area contributed by atoms with Crippen molar-refractivity contribution >= 4 is 69.1 Å². The smallest absolute Gasteiger partial charge is 0.420 e. The van der Waals surface area contributed by atoms with E-state index in [4.69, 9.17) is 37.3 Å². The number of amides is 8. The number of sulfone groups is 1. The molecule has 6 aromatic carbocycles. The van der Waals surface area contributed by atoms with Gasteiger partial charge in [0, 0.05) is 105 Å². The number of likely N-dealkylation sites (tertiary alicyclic amines) is 4. The van der Waals surface area contributed by atoms with Crippen molar-refractivity contribution in [2.75, 3.05) is 135 Å². The highest BCUT2D eigenvalue weighted by Gasteiger charge is 2.54. The summed E-state index contributed by atoms with van der Waals surface area (Å²) in [5, 5.41) is 11.5. The van der Waals surface area contributed by atoms with Crippen LogP contribution in [0.3, 0.4) is 0 Å². The standard InChI is InChI=1S/C34H41F3N6O7S.C34H41F3N6O5S.C29H31F3N4O4S/c1-23(41-12-6-7-13-41)22-51(46,47)28-9-5-4-8-27(28)49-26-11-10-24(20-25(26)34(35,36)37)30-38-29(50-39-30)21-42-31(44)33(2,3)43(32(42)45)15-14-40-16-18-48-19-17-40;1-23(41-12-6-7-13-41)22-49-28-9-5-4-8-27(28)47-26-11-10-24(20-25(26)34(35,36)37)30-38-29(48-39-30)21-42-31(44)33(2,3)43(32(42)45)15-14-40-16-18-46-19-17-40;1-18(35-12-6-7-13-35)17-41-23-9-5-4-8-22(23)39-21-11-10-19(14-20(21)29(30,31)32)26-33-24(40-34-26)16-36-25(37)15-28(2,3)27(36)38/h4-5,8-11,20,23H,6-7,12-19,21-22H2,1-3H3;4-5,8-11,20,23H,6-7,12-19,21-22H2,1-3H3;4-5,8-11,14,18H,6-7,12-13,15-17H2,1-3H3. The second-order valence-electron chi connectivity index (χ2n) is 37.5. The number of morpholine rings is 2. The lowest BCUT2D eigenvalue weighted by Crippen LogP contribution is -2.48. The van der Waals surface area contributed by atoms with E-state index >= 15 is 0 Å². The molecule has 17 rings (SSSR count). The molecule has 0 aliphatic carbocycles. The van der Waals surface area contributed by atoms with E-state index in [0.717, 1.165) is 139 Å². The van der Waals surface area contributed by atoms with E-state index < -0.39 is 91.2 Å². The number of hydrogen-bond donors (Lipinski definition) is 0. The lowest BCUT2D eigenvalue weighted by molar-refractivity contribution is -0.142. The van der Waals surface area contributed by atoms with Crippen molar-refractivity contribution in [2.24, 2.45) is 5.41 Å². The Morgan fingerprint density at radius 3 is 1.09 bits per heavy atom. The number of rotatable bonds is 33. The van der Waals surface area contributed by atoms with Crippen molar-refractivity contribution in [1.82, 2.24) is 79.4 Å². The predicted molar refractivity (Wildman–Crippen MR) is 500 cm³/mol. The summed E-state index contributed by atoms with van der Waals surface area (Å²) in [5.41, 5.74) is -6.20. The minimum atomic E-state index is -4.90. The third kappa shape index (κ3) is 24.9. The highest BCUT2D eigenvalue weighted by Crippen LogP contribution is 2.48. The zero-order valence-corrected chi connectivity index (χ0v) is 82.0. The number of alkyl halides is 9. The number of halogens is 9. The van der Waals surface area contributed by atoms with Gasteiger partial charge in [0.15, 0.2) is 9.84 Å². The Kier molecular flexibility index (Phi) is 32.5. The number of carbonyl (C=O) groups excluding carboxylic acids is 6. The number of para-hydroxylation sites is 3. The van der Waals surface area contributed by atoms with Gasteiger partial charge in [0.1, 0.15) is 70.1 Å². The van der Waals surface area contributed by atoms with Crippen molar-refractivity contribution in [3.05, 3.63) is 162 Å². The van der Waals surface area contributed by atoms with Crippen LogP contribution in [0.2, 0.25) is 0 Å². The number of hydrogen-bond acceptors (Lipinski definition) is 29. The number of benzene rings is 6. The Labute approximate surface area is 818 Å². The average Bonchev–Trinajstić information content (AvgIpc) is 1.61. The van der Waals surface area contributed by atoms with Crippen LogP contribution in [-0.4, -0.2) is 288 Å². The number of imide groups is 3. The topological polar surface area (TPSA) is 332 Å². The van der Waals surface area contributed by atoms with Gasteiger partial charge in [0.05, 0.1) is 64.1 Å². The Balaban J connectivity index is 0.000000161. The number of ether oxygens (including phenoxy) is 5. The van der Waals surface area contributed by atoms with Crippen LogP contribution in [-0.2, 0) is 76.7 Å². The molecule has 0 spiro atoms. The summed E-state index contributed by atoms with van der Waals surface area (Å²) in [6, 6.07) is 29.4. The molecule has 9 aromatic rings. The Hall–Kier alpha value is -11.1. The van der Waals surface area contributed by atoms with Crippen LogP contribution < -0.4 is 14.2 Å². The van der Waals surface area contributed by atoms with Crippen LogP contribution in [0, 0.1) is 5.41 Å². The third-order valence-electron chi connectivity index (χ3n) is 26.2. The molecule has 0 radical (unpaired) electrons. The Morgan fingerprint density at radius 1 is 0.404 bits per heavy atom. The molecule has 11 heterocycles. The second kappa shape index (κ2) is 44.0. The molecular weight excluding hydrogens is 1910 g/mol. The summed E-state index contributed by atoms with van der Waals surface area (Å²) in [6.45, 7) is 28.2. The molecule has 3 aromatic heterocycles. The molecule has 0 N–H and O–H groups in total. The van der Waals surface area contributed by atoms with Gasteiger partial charge in [0.25, 0.3) is 11.8 Å². The normalized spacial score (nSPS) is 19.3. The Morgan fingerprint density at radius 2 is 0.738 bits per heavy atom. The van der Waals surface area contributed by atoms with Gasteiger partial charge >= 0.3 is 30.6 Å². The maximum Gasteiger partial charge on any atom is 0.420 e. The van der Waals surface area contributed by atoms with Gasteiger partial charge in [-0.1, -0.05) is 65.7 Å². The third-order valence-corrected chi connectivity index (χ3v) is 30.7. The summed E-state index contributed by atoms with van der Waals surface area (Å²) in [4.78, 5) is 109. The quantitative estimate of drug-likeness (QED) is 0.0160. The van der Waals surface area contributed by atoms with Gasteiger partial charge < -0.3 is 47.1 Å². The molecule has 8 aliphatic heterocycles. The second-order valence-corrected chi connectivity index (χ2v) is 41.6. The summed E-state index contributed by atoms with van der Waals surface area (Å²) in [6.07, 6.45) is -7.60. The van der Waals surface area contributed by atoms with Gasteiger partial charge in [-0.05, 0) is 217 Å². The minimum absolute atomic E-state index is 0.0447. The van der Waals surface area contributed by atoms with Gasteiger partial charge in [-0.15, -0.1) is 23.5 Å². The molecule has 32 nitrogen and oxygen atoms in total. The molecule has 8 fully saturated rings. The monoisotopic (exact) mass is 2020 g/mol. The van der Waals surface area contributed by atoms with Crippen molar-refractivity contribution in [3.8, 4) is 68.7 Å². The number of aromatic nitrogens is 6. The van der Waals surface area contributed by atoms with E-state index in [0.29, 0.717) is 76.2 Å². The predicted octanol–water partition coefficient (Wildman–Crippen LogP) is 17.1. The minimum Gasteiger partial charge on any atom is -0.456 e. The van der Waals surface area contributed by atoms with E-state index in [1.54, 1.807) is 89.3 Å². The number of carbonyl (C=O) groups is 6. The molecule has 44 heteroatoms. The van der Waals surface area contributed by atoms with E-state index in [1.165, 1.54) is 90.1 Å². The van der Waals surface area contributed by atoms with Gasteiger partial charge in [-0.2, -0.15) is 54.5 Å². The van der Waals surface area contributed by atoms with Crippen molar-refractivity contribution in [1.29, 1.82) is 0 Å². The largest absolute Gasteiger partial charge is 0.456 e. The van der Waals surface area contributed by atoms with Gasteiger partial charge in [0.2, 0.25) is 47.0 Å². The lowest BCUT2D eigenvalue weighted by Gasteiger charge is -2.32. The molecule has 3 unspecified atom stereocenters. The van der Waals surface area contributed by atoms with E-state index in [-0.39, 0.29) is 124 Å². The molecule has 0 saturated carbocycles. The molecule has 3 atom stereocenters. The van der Waals surface area contributed by atoms with Crippen LogP contribution in [0.1, 0.15) is 142 Å². The molecule has 0 bridgehead atoms. The zero-order chi connectivity index (χ0) is 101. The van der Waals surface area contributed by atoms with Gasteiger partial charge in [-0.3, -0.25) is 58.4 Å². The zero-order valence-electron chi connectivity index (χ0n) is 79.6. The van der Waals surface area contributed by atoms with Crippen LogP contribution in [0.5, 0.6) is 34.5 Å². The molecule has 141 heavy (non-hydrogen) atoms. The maximum atomic E-state index is 14.4. The number of thioether (sulfide) groups is 2. The van der Waals surface area contributed by atoms with Crippen LogP contribution in [0.4, 0.5) is 49.1 Å². The van der Waals surface area contributed by atoms with E-state index in [9.17, 15) is 76.7 Å². The highest BCUT2D eigenvalue weighted by atomic mass is 32.2. The summed E-state index contributed by atoms with van der Waals surface area (Å²) in [5.74, 6) is -1.83. The average molecular weight is 2030 g/mol. The molecule has 8 saturated heterocycles. The number of nitrogens with zero attached hydrogens (tertiary/aromatic N) is 16. The fourth-order valence-electron chi connectivity index (χ4n) is 18.0. The molecular formula is C97H113F9N16O16S3. The van der Waals surface area contributed by atoms with Crippen LogP contribution >= 0.6 is 23.5 Å². The molecule has 8 amide bonds. The highest BCUT2D eigenvalue weighted by molar-refractivity contribution is 7.99. The molecule has 8 aliphatic rings. The summed E-state index contributed by atoms with van der Waals surface area (Å²) in [7, 11) is -3.92. The first kappa shape index (κ1) is 104. The van der Waals surface area contributed by atoms with Gasteiger partial charge in [-0.25, -0.2) is 18.0 Å². The van der Waals surface area contributed by atoms with E-state index in [1.807, 2.05) is 31.2 Å². The van der Waals surface area contributed by atoms with Crippen molar-refractivity contribution in [2.45, 2.75) is 189 Å². The lowest BCUT2D eigenvalue weighted by atomic mass is 9.92. The summed E-state index contributed by atoms with van der Waals surface area (Å²) < 4.78 is 200. The maximum absolute atomic E-state index is 14.4. The fraction of sp³-hybridized carbons (Fsp3) is 0.505. The first-order valence-electron chi connectivity index (χ1n) is 46.8. The van der Waals surface area contributed by atoms with Crippen LogP contribution in [0.15, 0.2) is 156 Å². The van der Waals surface area contributed by atoms with Crippen molar-refractivity contribution < 1.29 is 114 Å². The van der Waals surface area contributed by atoms with Crippen molar-refractivity contribution in [3.63, 3.8) is 0 Å². The SMILES string of the molecule is CC(CS(=O)(=O)c1ccccc1Oc1ccc(-c2noc(CN3C(=O)N(CCN4CCOCC4)C(C)(C)C3=O)n2)cc1C(F)(F)F)N1CCCC1.CC(CSc1ccccc1Oc1ccc(-c2noc(CN3C(=O)CC(C)(C)C3=O)n2)cc1C(F)(F)F)N1CCCC1.CC(CSc1ccccc1Oc1ccc(-c2noc(CN3C(=O)N(CCN4CCOCC4)C(C)(C)C3=O)n2)cc1C(F)(F)F)N1CCCC1. The fourth-order valence-corrected chi connectivity index (χ4v) is 21.8. The molecule has 758 valence electrons. The number of urea groups is 2.